The zero-order valence-corrected chi connectivity index (χ0v) is 10.2. The van der Waals surface area contributed by atoms with Gasteiger partial charge in [-0.15, -0.1) is 0 Å². The molecule has 0 saturated carbocycles. The van der Waals surface area contributed by atoms with Crippen LogP contribution >= 0.6 is 11.6 Å². The van der Waals surface area contributed by atoms with Crippen LogP contribution in [0.25, 0.3) is 11.1 Å². The van der Waals surface area contributed by atoms with E-state index in [4.69, 9.17) is 22.1 Å². The first-order chi connectivity index (χ1) is 8.16. The highest BCUT2D eigenvalue weighted by molar-refractivity contribution is 6.32. The highest BCUT2D eigenvalue weighted by atomic mass is 35.5. The summed E-state index contributed by atoms with van der Waals surface area (Å²) in [6.07, 6.45) is 2.65. The molecule has 5 heteroatoms. The third-order valence-electron chi connectivity index (χ3n) is 3.03. The molecule has 0 amide bonds. The number of anilines is 1. The van der Waals surface area contributed by atoms with Gasteiger partial charge in [-0.2, -0.15) is 5.10 Å². The molecule has 1 aromatic carbocycles. The average molecular weight is 250 g/mol. The number of nitrogens with zero attached hydrogens (tertiary/aromatic N) is 2. The van der Waals surface area contributed by atoms with Gasteiger partial charge in [-0.25, -0.2) is 0 Å². The first kappa shape index (κ1) is 10.5. The maximum Gasteiger partial charge on any atom is 0.141 e. The van der Waals surface area contributed by atoms with Gasteiger partial charge in [0.15, 0.2) is 0 Å². The van der Waals surface area contributed by atoms with E-state index in [0.717, 1.165) is 28.9 Å². The van der Waals surface area contributed by atoms with Crippen LogP contribution in [0.4, 0.5) is 5.82 Å². The standard InChI is InChI=1S/C12H12ClN3O/c1-16-12(14)9(6-15-16)8-4-7-2-3-17-11(7)10(13)5-8/h4-6H,2-3,14H2,1H3. The van der Waals surface area contributed by atoms with Gasteiger partial charge < -0.3 is 10.5 Å². The first-order valence-corrected chi connectivity index (χ1v) is 5.77. The van der Waals surface area contributed by atoms with Gasteiger partial charge in [0.05, 0.1) is 17.8 Å². The molecule has 0 spiro atoms. The molecule has 2 N–H and O–H groups in total. The van der Waals surface area contributed by atoms with Crippen LogP contribution in [0.2, 0.25) is 5.02 Å². The predicted octanol–water partition coefficient (Wildman–Crippen LogP) is 2.26. The molecule has 1 aliphatic rings. The first-order valence-electron chi connectivity index (χ1n) is 5.40. The fraction of sp³-hybridized carbons (Fsp3) is 0.250. The Kier molecular flexibility index (Phi) is 2.26. The van der Waals surface area contributed by atoms with Gasteiger partial charge in [0.1, 0.15) is 11.6 Å². The van der Waals surface area contributed by atoms with Crippen LogP contribution in [-0.2, 0) is 13.5 Å². The van der Waals surface area contributed by atoms with Crippen molar-refractivity contribution in [3.05, 3.63) is 28.9 Å². The van der Waals surface area contributed by atoms with E-state index in [1.54, 1.807) is 10.9 Å². The van der Waals surface area contributed by atoms with Gasteiger partial charge in [-0.3, -0.25) is 4.68 Å². The van der Waals surface area contributed by atoms with Crippen molar-refractivity contribution in [3.8, 4) is 16.9 Å². The van der Waals surface area contributed by atoms with Crippen molar-refractivity contribution in [2.24, 2.45) is 7.05 Å². The number of benzene rings is 1. The van der Waals surface area contributed by atoms with Crippen molar-refractivity contribution in [1.82, 2.24) is 9.78 Å². The van der Waals surface area contributed by atoms with Gasteiger partial charge in [0, 0.05) is 19.0 Å². The second kappa shape index (κ2) is 3.67. The van der Waals surface area contributed by atoms with Crippen LogP contribution in [0, 0.1) is 0 Å². The van der Waals surface area contributed by atoms with Crippen molar-refractivity contribution in [2.45, 2.75) is 6.42 Å². The van der Waals surface area contributed by atoms with E-state index in [2.05, 4.69) is 11.2 Å². The molecule has 1 aliphatic heterocycles. The summed E-state index contributed by atoms with van der Waals surface area (Å²) in [5, 5.41) is 4.77. The number of rotatable bonds is 1. The number of hydrogen-bond donors (Lipinski definition) is 1. The summed E-state index contributed by atoms with van der Waals surface area (Å²) in [7, 11) is 1.82. The number of nitrogens with two attached hydrogens (primary N) is 1. The average Bonchev–Trinajstić information content (AvgIpc) is 2.88. The van der Waals surface area contributed by atoms with E-state index in [0.29, 0.717) is 17.4 Å². The lowest BCUT2D eigenvalue weighted by Crippen LogP contribution is -1.98. The number of ether oxygens (including phenoxy) is 1. The highest BCUT2D eigenvalue weighted by Gasteiger charge is 2.18. The maximum atomic E-state index is 6.19. The van der Waals surface area contributed by atoms with Crippen molar-refractivity contribution < 1.29 is 4.74 Å². The SMILES string of the molecule is Cn1ncc(-c2cc(Cl)c3c(c2)CCO3)c1N. The fourth-order valence-corrected chi connectivity index (χ4v) is 2.38. The second-order valence-electron chi connectivity index (χ2n) is 4.11. The van der Waals surface area contributed by atoms with E-state index in [1.165, 1.54) is 0 Å². The van der Waals surface area contributed by atoms with E-state index < -0.39 is 0 Å². The molecule has 0 saturated heterocycles. The third kappa shape index (κ3) is 1.56. The Labute approximate surface area is 104 Å². The van der Waals surface area contributed by atoms with Crippen LogP contribution in [0.1, 0.15) is 5.56 Å². The minimum Gasteiger partial charge on any atom is -0.491 e. The lowest BCUT2D eigenvalue weighted by molar-refractivity contribution is 0.357. The van der Waals surface area contributed by atoms with Crippen LogP contribution in [-0.4, -0.2) is 16.4 Å². The molecule has 0 bridgehead atoms. The summed E-state index contributed by atoms with van der Waals surface area (Å²) in [5.74, 6) is 1.44. The van der Waals surface area contributed by atoms with E-state index in [9.17, 15) is 0 Å². The summed E-state index contributed by atoms with van der Waals surface area (Å²) in [4.78, 5) is 0. The topological polar surface area (TPSA) is 53.1 Å². The molecule has 3 rings (SSSR count). The van der Waals surface area contributed by atoms with Crippen LogP contribution in [0.15, 0.2) is 18.3 Å². The van der Waals surface area contributed by atoms with Crippen molar-refractivity contribution in [3.63, 3.8) is 0 Å². The van der Waals surface area contributed by atoms with Gasteiger partial charge in [0.2, 0.25) is 0 Å². The summed E-state index contributed by atoms with van der Waals surface area (Å²) in [5.41, 5.74) is 8.99. The van der Waals surface area contributed by atoms with Crippen molar-refractivity contribution >= 4 is 17.4 Å². The van der Waals surface area contributed by atoms with Gasteiger partial charge >= 0.3 is 0 Å². The van der Waals surface area contributed by atoms with Crippen molar-refractivity contribution in [2.75, 3.05) is 12.3 Å². The number of halogens is 1. The van der Waals surface area contributed by atoms with Crippen LogP contribution < -0.4 is 10.5 Å². The number of nitrogen functional groups attached to an aromatic ring is 1. The molecule has 2 heterocycles. The molecule has 17 heavy (non-hydrogen) atoms. The summed E-state index contributed by atoms with van der Waals surface area (Å²) in [6, 6.07) is 3.95. The Hall–Kier alpha value is -1.68. The van der Waals surface area contributed by atoms with Gasteiger partial charge in [-0.05, 0) is 23.3 Å². The molecule has 0 aliphatic carbocycles. The van der Waals surface area contributed by atoms with Gasteiger partial charge in [-0.1, -0.05) is 11.6 Å². The lowest BCUT2D eigenvalue weighted by atomic mass is 10.0. The summed E-state index contributed by atoms with van der Waals surface area (Å²) >= 11 is 6.19. The Bertz CT molecular complexity index is 592. The molecule has 4 nitrogen and oxygen atoms in total. The summed E-state index contributed by atoms with van der Waals surface area (Å²) in [6.45, 7) is 0.695. The van der Waals surface area contributed by atoms with Crippen LogP contribution in [0.3, 0.4) is 0 Å². The molecule has 2 aromatic rings. The third-order valence-corrected chi connectivity index (χ3v) is 3.31. The number of aromatic nitrogens is 2. The van der Waals surface area contributed by atoms with Crippen LogP contribution in [0.5, 0.6) is 5.75 Å². The Balaban J connectivity index is 2.16. The van der Waals surface area contributed by atoms with E-state index >= 15 is 0 Å². The monoisotopic (exact) mass is 249 g/mol. The Morgan fingerprint density at radius 1 is 1.47 bits per heavy atom. The van der Waals surface area contributed by atoms with E-state index in [1.807, 2.05) is 13.1 Å². The number of hydrogen-bond acceptors (Lipinski definition) is 3. The normalized spacial score (nSPS) is 13.5. The minimum atomic E-state index is 0.637. The number of fused-ring (bicyclic) bond motifs is 1. The molecule has 88 valence electrons. The van der Waals surface area contributed by atoms with E-state index in [-0.39, 0.29) is 0 Å². The Morgan fingerprint density at radius 2 is 2.29 bits per heavy atom. The smallest absolute Gasteiger partial charge is 0.141 e. The zero-order chi connectivity index (χ0) is 12.0. The molecule has 1 aromatic heterocycles. The molecule has 0 atom stereocenters. The molecule has 0 fully saturated rings. The summed E-state index contributed by atoms with van der Waals surface area (Å²) < 4.78 is 7.12. The quantitative estimate of drug-likeness (QED) is 0.844. The molecule has 0 radical (unpaired) electrons. The molecular weight excluding hydrogens is 238 g/mol. The predicted molar refractivity (Wildman–Crippen MR) is 67.3 cm³/mol. The zero-order valence-electron chi connectivity index (χ0n) is 9.40. The van der Waals surface area contributed by atoms with Crippen molar-refractivity contribution in [1.29, 1.82) is 0 Å². The molecule has 0 unspecified atom stereocenters. The Morgan fingerprint density at radius 3 is 3.00 bits per heavy atom. The molecular formula is C12H12ClN3O. The highest BCUT2D eigenvalue weighted by Crippen LogP contribution is 2.38. The number of aryl methyl sites for hydroxylation is 1. The fourth-order valence-electron chi connectivity index (χ4n) is 2.09. The second-order valence-corrected chi connectivity index (χ2v) is 4.52. The largest absolute Gasteiger partial charge is 0.491 e. The minimum absolute atomic E-state index is 0.637. The maximum absolute atomic E-state index is 6.19. The van der Waals surface area contributed by atoms with Gasteiger partial charge in [0.25, 0.3) is 0 Å². The lowest BCUT2D eigenvalue weighted by Gasteiger charge is -2.06.